The summed E-state index contributed by atoms with van der Waals surface area (Å²) in [6, 6.07) is 10.5. The number of alkyl halides is 1. The number of hydrogen-bond acceptors (Lipinski definition) is 3. The van der Waals surface area contributed by atoms with Gasteiger partial charge in [-0.3, -0.25) is 0 Å². The fraction of sp³-hybridized carbons (Fsp3) is 0.333. The third kappa shape index (κ3) is 5.78. The maximum atomic E-state index is 5.55. The van der Waals surface area contributed by atoms with Crippen molar-refractivity contribution in [3.63, 3.8) is 0 Å². The van der Waals surface area contributed by atoms with E-state index in [0.717, 1.165) is 17.4 Å². The zero-order valence-electron chi connectivity index (χ0n) is 7.11. The Morgan fingerprint density at radius 3 is 2.54 bits per heavy atom. The number of rotatable bonds is 6. The molecule has 0 aliphatic carbocycles. The van der Waals surface area contributed by atoms with Crippen LogP contribution in [0.15, 0.2) is 30.3 Å². The van der Waals surface area contributed by atoms with Crippen molar-refractivity contribution in [1.82, 2.24) is 0 Å². The Morgan fingerprint density at radius 2 is 1.85 bits per heavy atom. The van der Waals surface area contributed by atoms with Gasteiger partial charge in [0.05, 0.1) is 0 Å². The van der Waals surface area contributed by atoms with E-state index in [1.165, 1.54) is 5.56 Å². The summed E-state index contributed by atoms with van der Waals surface area (Å²) in [4.78, 5) is 0. The lowest BCUT2D eigenvalue weighted by Crippen LogP contribution is -1.75. The van der Waals surface area contributed by atoms with Crippen molar-refractivity contribution in [2.24, 2.45) is 0 Å². The van der Waals surface area contributed by atoms with Gasteiger partial charge < -0.3 is 0 Å². The van der Waals surface area contributed by atoms with Crippen molar-refractivity contribution >= 4 is 43.0 Å². The molecule has 0 unspecified atom stereocenters. The van der Waals surface area contributed by atoms with Gasteiger partial charge in [-0.15, -0.1) is 11.6 Å². The quantitative estimate of drug-likeness (QED) is 0.416. The van der Waals surface area contributed by atoms with Crippen molar-refractivity contribution in [3.05, 3.63) is 35.9 Å². The second-order valence-corrected chi connectivity index (χ2v) is 7.06. The number of benzene rings is 1. The Morgan fingerprint density at radius 1 is 1.08 bits per heavy atom. The first kappa shape index (κ1) is 11.6. The number of hydrogen-bond donors (Lipinski definition) is 0. The molecule has 1 aromatic rings. The molecule has 0 bridgehead atoms. The van der Waals surface area contributed by atoms with Crippen molar-refractivity contribution in [3.8, 4) is 0 Å². The topological polar surface area (TPSA) is 0 Å². The second kappa shape index (κ2) is 7.92. The molecule has 72 valence electrons. The first-order valence-electron chi connectivity index (χ1n) is 3.94. The lowest BCUT2D eigenvalue weighted by molar-refractivity contribution is 1.43. The van der Waals surface area contributed by atoms with Gasteiger partial charge in [0, 0.05) is 17.4 Å². The molecule has 0 atom stereocenters. The molecule has 0 nitrogen and oxygen atoms in total. The summed E-state index contributed by atoms with van der Waals surface area (Å²) < 4.78 is 0. The fourth-order valence-corrected chi connectivity index (χ4v) is 4.72. The largest absolute Gasteiger partial charge is 0.126 e. The van der Waals surface area contributed by atoms with Gasteiger partial charge in [-0.1, -0.05) is 51.9 Å². The predicted molar refractivity (Wildman–Crippen MR) is 68.5 cm³/mol. The normalized spacial score (nSPS) is 10.2. The Bertz CT molecular complexity index is 215. The van der Waals surface area contributed by atoms with Crippen LogP contribution in [0.1, 0.15) is 5.56 Å². The van der Waals surface area contributed by atoms with Gasteiger partial charge in [-0.05, 0) is 15.4 Å². The van der Waals surface area contributed by atoms with Crippen LogP contribution >= 0.6 is 43.0 Å². The van der Waals surface area contributed by atoms with Crippen LogP contribution in [0.4, 0.5) is 0 Å². The zero-order valence-corrected chi connectivity index (χ0v) is 10.3. The molecule has 0 saturated carbocycles. The van der Waals surface area contributed by atoms with Crippen molar-refractivity contribution in [2.45, 2.75) is 5.75 Å². The van der Waals surface area contributed by atoms with Gasteiger partial charge in [0.25, 0.3) is 0 Å². The highest BCUT2D eigenvalue weighted by atomic mass is 35.5. The van der Waals surface area contributed by atoms with Crippen LogP contribution in [-0.4, -0.2) is 11.6 Å². The van der Waals surface area contributed by atoms with Gasteiger partial charge >= 0.3 is 0 Å². The third-order valence-corrected chi connectivity index (χ3v) is 5.92. The van der Waals surface area contributed by atoms with Gasteiger partial charge in [0.2, 0.25) is 0 Å². The van der Waals surface area contributed by atoms with Crippen LogP contribution in [0.2, 0.25) is 0 Å². The molecule has 0 aliphatic heterocycles. The fourth-order valence-electron chi connectivity index (χ4n) is 0.766. The molecule has 0 aromatic heterocycles. The van der Waals surface area contributed by atoms with E-state index in [-0.39, 0.29) is 0 Å². The van der Waals surface area contributed by atoms with E-state index in [0.29, 0.717) is 0 Å². The summed E-state index contributed by atoms with van der Waals surface area (Å²) in [7, 11) is 5.51. The summed E-state index contributed by atoms with van der Waals surface area (Å²) in [6.07, 6.45) is 0. The van der Waals surface area contributed by atoms with Gasteiger partial charge in [0.1, 0.15) is 0 Å². The monoisotopic (exact) mass is 250 g/mol. The smallest absolute Gasteiger partial charge is 0.0322 e. The van der Waals surface area contributed by atoms with Gasteiger partial charge in [-0.25, -0.2) is 0 Å². The minimum Gasteiger partial charge on any atom is -0.126 e. The molecule has 0 heterocycles. The van der Waals surface area contributed by atoms with E-state index in [1.54, 1.807) is 0 Å². The SMILES string of the molecule is ClCCSSSCc1ccccc1. The van der Waals surface area contributed by atoms with Crippen LogP contribution in [-0.2, 0) is 5.75 Å². The second-order valence-electron chi connectivity index (χ2n) is 2.33. The highest BCUT2D eigenvalue weighted by Crippen LogP contribution is 2.36. The molecule has 0 fully saturated rings. The average molecular weight is 251 g/mol. The maximum Gasteiger partial charge on any atom is 0.0322 e. The molecule has 0 aliphatic rings. The number of halogens is 1. The summed E-state index contributed by atoms with van der Waals surface area (Å²) in [5.41, 5.74) is 1.38. The molecule has 0 radical (unpaired) electrons. The summed E-state index contributed by atoms with van der Waals surface area (Å²) in [5, 5.41) is 0. The molecule has 1 rings (SSSR count). The first-order valence-corrected chi connectivity index (χ1v) is 8.30. The minimum absolute atomic E-state index is 0.740. The highest BCUT2D eigenvalue weighted by Gasteiger charge is 1.93. The van der Waals surface area contributed by atoms with Gasteiger partial charge in [-0.2, -0.15) is 0 Å². The third-order valence-electron chi connectivity index (χ3n) is 1.33. The van der Waals surface area contributed by atoms with E-state index in [1.807, 2.05) is 37.5 Å². The Kier molecular flexibility index (Phi) is 7.09. The van der Waals surface area contributed by atoms with E-state index in [2.05, 4.69) is 24.3 Å². The van der Waals surface area contributed by atoms with E-state index in [4.69, 9.17) is 11.6 Å². The molecule has 1 aromatic carbocycles. The van der Waals surface area contributed by atoms with E-state index in [9.17, 15) is 0 Å². The summed E-state index contributed by atoms with van der Waals surface area (Å²) in [6.45, 7) is 0. The molecule has 4 heteroatoms. The van der Waals surface area contributed by atoms with Gasteiger partial charge in [0.15, 0.2) is 0 Å². The Balaban J connectivity index is 2.07. The molecular weight excluding hydrogens is 240 g/mol. The molecule has 0 amide bonds. The zero-order chi connectivity index (χ0) is 9.36. The standard InChI is InChI=1S/C9H11ClS3/c10-6-7-11-13-12-8-9-4-2-1-3-5-9/h1-5H,6-8H2. The summed E-state index contributed by atoms with van der Waals surface area (Å²) in [5.74, 6) is 2.83. The van der Waals surface area contributed by atoms with Crippen LogP contribution in [0.5, 0.6) is 0 Å². The lowest BCUT2D eigenvalue weighted by Gasteiger charge is -1.99. The molecule has 0 saturated heterocycles. The summed E-state index contributed by atoms with van der Waals surface area (Å²) >= 11 is 5.55. The van der Waals surface area contributed by atoms with Crippen molar-refractivity contribution in [2.75, 3.05) is 11.6 Å². The Labute approximate surface area is 96.0 Å². The lowest BCUT2D eigenvalue weighted by atomic mass is 10.2. The minimum atomic E-state index is 0.740. The maximum absolute atomic E-state index is 5.55. The molecule has 0 N–H and O–H groups in total. The highest BCUT2D eigenvalue weighted by molar-refractivity contribution is 9.09. The van der Waals surface area contributed by atoms with Crippen LogP contribution in [0.25, 0.3) is 0 Å². The first-order chi connectivity index (χ1) is 6.43. The van der Waals surface area contributed by atoms with E-state index >= 15 is 0 Å². The average Bonchev–Trinajstić information content (AvgIpc) is 2.19. The van der Waals surface area contributed by atoms with Crippen LogP contribution in [0, 0.1) is 0 Å². The molecule has 0 spiro atoms. The van der Waals surface area contributed by atoms with Crippen LogP contribution in [0.3, 0.4) is 0 Å². The van der Waals surface area contributed by atoms with Crippen molar-refractivity contribution < 1.29 is 0 Å². The van der Waals surface area contributed by atoms with Crippen LogP contribution < -0.4 is 0 Å². The Hall–Kier alpha value is 0.560. The van der Waals surface area contributed by atoms with E-state index < -0.39 is 0 Å². The van der Waals surface area contributed by atoms with Crippen molar-refractivity contribution in [1.29, 1.82) is 0 Å². The molecular formula is C9H11ClS3. The molecule has 13 heavy (non-hydrogen) atoms. The predicted octanol–water partition coefficient (Wildman–Crippen LogP) is 4.46.